The molecule has 4 bridgehead atoms. The van der Waals surface area contributed by atoms with Gasteiger partial charge in [0.15, 0.2) is 14.7 Å². The molecule has 14 nitrogen and oxygen atoms in total. The van der Waals surface area contributed by atoms with Crippen molar-refractivity contribution in [1.82, 2.24) is 5.32 Å². The van der Waals surface area contributed by atoms with Crippen LogP contribution in [0, 0.1) is 42.9 Å². The molecule has 0 radical (unpaired) electrons. The van der Waals surface area contributed by atoms with Crippen LogP contribution in [-0.2, 0) is 54.4 Å². The second-order valence-corrected chi connectivity index (χ2v) is 32.2. The standard InChI is InChI=1S/C20H29F3O7S.C18H14FS.C13H16INO3.C12H22O2.C10H14O/c1-4-17(2,3)15(24)30-19-8-12-5-13(9-19)7-18(6-12,11-19)16(25)29-14(20(21,22)23)10-31(26,27)28;19-15-11-13-18(14-12-15)20(16-7-3-1-4-8-16)17-9-5-2-6-10-17;1-4-13(2,3)12(18)15-11(17)9-7-8(14)5-6-10(9)16;1-5-11(2,3)10(13)14-12(4)8-6-7-9-12;1-3-8(2)9-5-4-6-10(11)7-9/h12-14H,4-11H2,1-3H3,(H,26,27,28);1-14H;5-7,16H,4H2,1-3H3,(H,15,17,18);5-9H2,1-4H3;4-8,11H,3H2,1-2H3/q;+1;;;/p-1. The summed E-state index contributed by atoms with van der Waals surface area (Å²) in [5.41, 5.74) is -2.74. The van der Waals surface area contributed by atoms with E-state index in [0.717, 1.165) is 40.6 Å². The fourth-order valence-electron chi connectivity index (χ4n) is 11.7. The van der Waals surface area contributed by atoms with Crippen LogP contribution in [0.5, 0.6) is 11.5 Å². The van der Waals surface area contributed by atoms with Gasteiger partial charge in [-0.05, 0) is 243 Å². The summed E-state index contributed by atoms with van der Waals surface area (Å²) in [5, 5.41) is 21.1. The molecule has 21 heteroatoms. The molecule has 94 heavy (non-hydrogen) atoms. The second-order valence-electron chi connectivity index (χ2n) is 27.5. The van der Waals surface area contributed by atoms with Gasteiger partial charge >= 0.3 is 24.1 Å². The first kappa shape index (κ1) is 78.7. The Morgan fingerprint density at radius 2 is 1.19 bits per heavy atom. The molecule has 3 N–H and O–H groups in total. The van der Waals surface area contributed by atoms with Gasteiger partial charge in [-0.2, -0.15) is 13.2 Å². The Labute approximate surface area is 569 Å². The lowest BCUT2D eigenvalue weighted by molar-refractivity contribution is -0.239. The third kappa shape index (κ3) is 22.5. The number of imide groups is 1. The van der Waals surface area contributed by atoms with Crippen molar-refractivity contribution in [1.29, 1.82) is 0 Å². The predicted octanol–water partition coefficient (Wildman–Crippen LogP) is 17.1. The molecule has 2 amide bonds. The van der Waals surface area contributed by atoms with Gasteiger partial charge in [0.2, 0.25) is 12.0 Å². The van der Waals surface area contributed by atoms with E-state index in [1.807, 2.05) is 124 Å². The Balaban J connectivity index is 0.000000223. The molecule has 5 fully saturated rings. The first-order chi connectivity index (χ1) is 43.7. The van der Waals surface area contributed by atoms with Crippen LogP contribution in [0.25, 0.3) is 0 Å². The summed E-state index contributed by atoms with van der Waals surface area (Å²) >= 11 is 2.04. The van der Waals surface area contributed by atoms with Crippen LogP contribution in [0.15, 0.2) is 142 Å². The smallest absolute Gasteiger partial charge is 0.426 e. The molecular formula is C73H94F4INO13S2. The van der Waals surface area contributed by atoms with Crippen molar-refractivity contribution in [3.05, 3.63) is 148 Å². The molecule has 5 aliphatic carbocycles. The number of rotatable bonds is 18. The third-order valence-corrected chi connectivity index (χ3v) is 22.2. The van der Waals surface area contributed by atoms with Crippen LogP contribution in [0.2, 0.25) is 0 Å². The molecule has 516 valence electrons. The molecule has 0 saturated heterocycles. The number of phenols is 2. The van der Waals surface area contributed by atoms with Gasteiger partial charge < -0.3 is 29.0 Å². The molecular weight excluding hydrogens is 1370 g/mol. The van der Waals surface area contributed by atoms with Crippen LogP contribution in [0.1, 0.15) is 195 Å². The zero-order valence-electron chi connectivity index (χ0n) is 56.1. The topological polar surface area (TPSA) is 223 Å². The number of nitrogens with one attached hydrogen (secondary N) is 1. The first-order valence-electron chi connectivity index (χ1n) is 32.2. The van der Waals surface area contributed by atoms with Crippen molar-refractivity contribution in [3.8, 4) is 11.5 Å². The van der Waals surface area contributed by atoms with Crippen LogP contribution in [-0.4, -0.2) is 82.1 Å². The molecule has 0 aliphatic heterocycles. The highest BCUT2D eigenvalue weighted by atomic mass is 127. The molecule has 5 aromatic rings. The number of alkyl halides is 3. The van der Waals surface area contributed by atoms with Gasteiger partial charge in [0.1, 0.15) is 28.5 Å². The maximum absolute atomic E-state index is 13.3. The summed E-state index contributed by atoms with van der Waals surface area (Å²) in [6, 6.07) is 39.6. The highest BCUT2D eigenvalue weighted by Crippen LogP contribution is 2.64. The Bertz CT molecular complexity index is 3400. The van der Waals surface area contributed by atoms with Crippen LogP contribution in [0.4, 0.5) is 17.6 Å². The van der Waals surface area contributed by atoms with E-state index in [4.69, 9.17) is 14.6 Å². The van der Waals surface area contributed by atoms with E-state index in [9.17, 15) is 59.6 Å². The number of hydrogen-bond donors (Lipinski definition) is 3. The third-order valence-electron chi connectivity index (χ3n) is 18.6. The minimum Gasteiger partial charge on any atom is -0.748 e. The first-order valence-corrected chi connectivity index (χ1v) is 36.0. The van der Waals surface area contributed by atoms with Gasteiger partial charge in [0, 0.05) is 15.4 Å². The second kappa shape index (κ2) is 33.3. The molecule has 5 aromatic carbocycles. The van der Waals surface area contributed by atoms with Crippen molar-refractivity contribution < 1.29 is 78.9 Å². The lowest BCUT2D eigenvalue weighted by Crippen LogP contribution is -2.61. The summed E-state index contributed by atoms with van der Waals surface area (Å²) in [6.07, 6.45) is 1.87. The Kier molecular flexibility index (Phi) is 27.8. The Morgan fingerprint density at radius 1 is 0.691 bits per heavy atom. The van der Waals surface area contributed by atoms with Crippen molar-refractivity contribution in [2.45, 2.75) is 217 Å². The molecule has 0 heterocycles. The summed E-state index contributed by atoms with van der Waals surface area (Å²) < 4.78 is 103. The number of halogens is 5. The van der Waals surface area contributed by atoms with E-state index < -0.39 is 67.8 Å². The van der Waals surface area contributed by atoms with Gasteiger partial charge in [0.25, 0.3) is 5.91 Å². The number of amides is 2. The molecule has 10 rings (SSSR count). The van der Waals surface area contributed by atoms with Gasteiger partial charge in [-0.1, -0.05) is 97.0 Å². The number of carbonyl (C=O) groups is 5. The number of ether oxygens (including phenoxy) is 3. The van der Waals surface area contributed by atoms with Crippen LogP contribution in [0.3, 0.4) is 0 Å². The van der Waals surface area contributed by atoms with Crippen molar-refractivity contribution in [2.75, 3.05) is 5.75 Å². The molecule has 4 unspecified atom stereocenters. The highest BCUT2D eigenvalue weighted by molar-refractivity contribution is 14.1. The molecule has 0 spiro atoms. The van der Waals surface area contributed by atoms with Crippen molar-refractivity contribution >= 4 is 73.3 Å². The zero-order chi connectivity index (χ0) is 70.3. The monoisotopic (exact) mass is 1460 g/mol. The quantitative estimate of drug-likeness (QED) is 0.0186. The molecule has 5 saturated carbocycles. The van der Waals surface area contributed by atoms with Crippen LogP contribution < -0.4 is 5.32 Å². The van der Waals surface area contributed by atoms with Crippen LogP contribution >= 0.6 is 22.6 Å². The number of phenolic OH excluding ortho intramolecular Hbond substituents is 2. The maximum Gasteiger partial charge on any atom is 0.426 e. The van der Waals surface area contributed by atoms with Gasteiger partial charge in [-0.3, -0.25) is 29.3 Å². The normalized spacial score (nSPS) is 20.2. The van der Waals surface area contributed by atoms with Gasteiger partial charge in [-0.15, -0.1) is 0 Å². The van der Waals surface area contributed by atoms with E-state index in [0.29, 0.717) is 50.2 Å². The Hall–Kier alpha value is -6.04. The van der Waals surface area contributed by atoms with E-state index in [2.05, 4.69) is 55.1 Å². The van der Waals surface area contributed by atoms with E-state index in [-0.39, 0.29) is 69.2 Å². The number of hydrogen-bond acceptors (Lipinski definition) is 13. The fraction of sp³-hybridized carbons (Fsp3) is 0.521. The summed E-state index contributed by atoms with van der Waals surface area (Å²) in [4.78, 5) is 64.9. The average molecular weight is 1460 g/mol. The molecule has 4 atom stereocenters. The number of benzene rings is 5. The lowest BCUT2D eigenvalue weighted by atomic mass is 9.48. The van der Waals surface area contributed by atoms with E-state index in [1.54, 1.807) is 39.8 Å². The average Bonchev–Trinajstić information content (AvgIpc) is 0.745. The summed E-state index contributed by atoms with van der Waals surface area (Å²) in [7, 11) is -5.46. The number of aromatic hydroxyl groups is 2. The minimum absolute atomic E-state index is 0.00100. The van der Waals surface area contributed by atoms with E-state index >= 15 is 0 Å². The van der Waals surface area contributed by atoms with E-state index in [1.165, 1.54) is 52.5 Å². The summed E-state index contributed by atoms with van der Waals surface area (Å²) in [6.45, 7) is 23.1. The predicted molar refractivity (Wildman–Crippen MR) is 363 cm³/mol. The SMILES string of the molecule is CCC(C)(C)C(=O)NC(=O)c1cc(I)ccc1O.CCC(C)(C)C(=O)OC1(C)CCCC1.CCC(C)(C)C(=O)OC12CC3CC(C1)CC(C(=O)OC(CS(=O)(=O)[O-])C(F)(F)F)(C3)C2.CCC(C)c1cccc(O)c1.Fc1ccc([S+](c2ccccc2)c2ccccc2)cc1. The number of carbonyl (C=O) groups excluding carboxylic acids is 5. The zero-order valence-corrected chi connectivity index (χ0v) is 59.9. The molecule has 0 aromatic heterocycles. The molecule has 5 aliphatic rings. The largest absolute Gasteiger partial charge is 0.748 e. The minimum atomic E-state index is -5.27. The highest BCUT2D eigenvalue weighted by Gasteiger charge is 2.64. The fourth-order valence-corrected chi connectivity index (χ4v) is 14.9. The number of esters is 3. The van der Waals surface area contributed by atoms with Crippen molar-refractivity contribution in [3.63, 3.8) is 0 Å². The van der Waals surface area contributed by atoms with Crippen molar-refractivity contribution in [2.24, 2.45) is 33.5 Å². The Morgan fingerprint density at radius 3 is 1.66 bits per heavy atom. The maximum atomic E-state index is 13.3. The van der Waals surface area contributed by atoms with Gasteiger partial charge in [-0.25, -0.2) is 12.8 Å². The van der Waals surface area contributed by atoms with Gasteiger partial charge in [0.05, 0.1) is 48.6 Å². The lowest BCUT2D eigenvalue weighted by Gasteiger charge is -2.60. The summed E-state index contributed by atoms with van der Waals surface area (Å²) in [5.74, 6) is -3.81.